The van der Waals surface area contributed by atoms with Gasteiger partial charge in [-0.15, -0.1) is 24.0 Å². The molecule has 0 saturated carbocycles. The van der Waals surface area contributed by atoms with Gasteiger partial charge in [-0.25, -0.2) is 0 Å². The van der Waals surface area contributed by atoms with E-state index in [1.54, 1.807) is 0 Å². The summed E-state index contributed by atoms with van der Waals surface area (Å²) in [5, 5.41) is 6.65. The summed E-state index contributed by atoms with van der Waals surface area (Å²) in [6.07, 6.45) is 6.64. The molecule has 2 heterocycles. The number of likely N-dealkylation sites (tertiary alicyclic amines) is 2. The minimum Gasteiger partial charge on any atom is -0.359 e. The number of nitrogens with one attached hydrogen (secondary N) is 2. The average molecular weight is 409 g/mol. The first kappa shape index (κ1) is 19.0. The van der Waals surface area contributed by atoms with E-state index < -0.39 is 0 Å². The molecule has 0 aliphatic carbocycles. The third kappa shape index (κ3) is 4.96. The molecule has 0 atom stereocenters. The maximum Gasteiger partial charge on any atom is 0.190 e. The Morgan fingerprint density at radius 3 is 2.24 bits per heavy atom. The summed E-state index contributed by atoms with van der Waals surface area (Å²) in [4.78, 5) is 9.45. The lowest BCUT2D eigenvalue weighted by atomic mass is 9.84. The lowest BCUT2D eigenvalue weighted by Crippen LogP contribution is -2.62. The van der Waals surface area contributed by atoms with E-state index in [0.717, 1.165) is 12.5 Å². The number of hydrogen-bond acceptors (Lipinski definition) is 3. The topological polar surface area (TPSA) is 42.9 Å². The van der Waals surface area contributed by atoms with Gasteiger partial charge in [0.25, 0.3) is 0 Å². The molecule has 0 aromatic carbocycles. The quantitative estimate of drug-likeness (QED) is 0.420. The molecule has 2 rings (SSSR count). The summed E-state index contributed by atoms with van der Waals surface area (Å²) >= 11 is 0. The first-order chi connectivity index (χ1) is 9.70. The van der Waals surface area contributed by atoms with Crippen LogP contribution >= 0.6 is 24.0 Å². The molecule has 0 spiro atoms. The molecule has 0 aromatic rings. The van der Waals surface area contributed by atoms with E-state index in [9.17, 15) is 0 Å². The Hall–Kier alpha value is -0.0800. The second-order valence-electron chi connectivity index (χ2n) is 6.25. The van der Waals surface area contributed by atoms with Crippen molar-refractivity contribution in [1.29, 1.82) is 0 Å². The molecular formula is C15H32IN5. The number of piperidine rings is 2. The van der Waals surface area contributed by atoms with Gasteiger partial charge >= 0.3 is 0 Å². The van der Waals surface area contributed by atoms with Gasteiger partial charge in [-0.3, -0.25) is 9.89 Å². The van der Waals surface area contributed by atoms with Crippen molar-refractivity contribution >= 4 is 29.9 Å². The zero-order valence-electron chi connectivity index (χ0n) is 13.8. The van der Waals surface area contributed by atoms with Gasteiger partial charge in [-0.1, -0.05) is 6.42 Å². The van der Waals surface area contributed by atoms with Crippen molar-refractivity contribution in [1.82, 2.24) is 20.4 Å². The molecule has 5 nitrogen and oxygen atoms in total. The van der Waals surface area contributed by atoms with E-state index in [4.69, 9.17) is 0 Å². The maximum atomic E-state index is 4.25. The number of halogens is 1. The van der Waals surface area contributed by atoms with Crippen LogP contribution in [0.2, 0.25) is 0 Å². The smallest absolute Gasteiger partial charge is 0.190 e. The van der Waals surface area contributed by atoms with E-state index in [-0.39, 0.29) is 24.0 Å². The minimum atomic E-state index is 0. The fraction of sp³-hybridized carbons (Fsp3) is 0.933. The number of rotatable bonds is 3. The SMILES string of the molecule is CN=C(NC)NCC1(N2CCCCC2)CCN(C)CC1.I. The number of guanidine groups is 1. The summed E-state index contributed by atoms with van der Waals surface area (Å²) < 4.78 is 0. The van der Waals surface area contributed by atoms with Gasteiger partial charge in [-0.05, 0) is 58.9 Å². The summed E-state index contributed by atoms with van der Waals surface area (Å²) in [7, 11) is 6.00. The second-order valence-corrected chi connectivity index (χ2v) is 6.25. The molecule has 0 aromatic heterocycles. The van der Waals surface area contributed by atoms with Crippen LogP contribution in [0.5, 0.6) is 0 Å². The van der Waals surface area contributed by atoms with Crippen molar-refractivity contribution < 1.29 is 0 Å². The Labute approximate surface area is 146 Å². The molecule has 2 N–H and O–H groups in total. The summed E-state index contributed by atoms with van der Waals surface area (Å²) in [5.41, 5.74) is 0.319. The third-order valence-corrected chi connectivity index (χ3v) is 4.99. The molecule has 0 amide bonds. The zero-order valence-corrected chi connectivity index (χ0v) is 16.2. The van der Waals surface area contributed by atoms with E-state index >= 15 is 0 Å². The Morgan fingerprint density at radius 1 is 1.10 bits per heavy atom. The predicted octanol–water partition coefficient (Wildman–Crippen LogP) is 1.35. The van der Waals surface area contributed by atoms with E-state index in [2.05, 4.69) is 32.5 Å². The van der Waals surface area contributed by atoms with Crippen LogP contribution in [0, 0.1) is 0 Å². The van der Waals surface area contributed by atoms with Crippen molar-refractivity contribution in [2.45, 2.75) is 37.6 Å². The van der Waals surface area contributed by atoms with Gasteiger partial charge in [0, 0.05) is 26.2 Å². The molecule has 6 heteroatoms. The molecule has 2 fully saturated rings. The van der Waals surface area contributed by atoms with Crippen molar-refractivity contribution in [3.8, 4) is 0 Å². The van der Waals surface area contributed by atoms with Gasteiger partial charge < -0.3 is 15.5 Å². The van der Waals surface area contributed by atoms with E-state index in [0.29, 0.717) is 5.54 Å². The summed E-state index contributed by atoms with van der Waals surface area (Å²) in [6.45, 7) is 5.95. The van der Waals surface area contributed by atoms with Crippen LogP contribution in [0.1, 0.15) is 32.1 Å². The second kappa shape index (κ2) is 9.15. The molecule has 0 unspecified atom stereocenters. The lowest BCUT2D eigenvalue weighted by molar-refractivity contribution is 0.0173. The van der Waals surface area contributed by atoms with Crippen LogP contribution in [0.25, 0.3) is 0 Å². The van der Waals surface area contributed by atoms with Crippen LogP contribution in [0.3, 0.4) is 0 Å². The predicted molar refractivity (Wildman–Crippen MR) is 101 cm³/mol. The van der Waals surface area contributed by atoms with Gasteiger partial charge in [0.2, 0.25) is 0 Å². The van der Waals surface area contributed by atoms with Gasteiger partial charge in [0.1, 0.15) is 0 Å². The van der Waals surface area contributed by atoms with E-state index in [1.807, 2.05) is 14.1 Å². The highest BCUT2D eigenvalue weighted by molar-refractivity contribution is 14.0. The third-order valence-electron chi connectivity index (χ3n) is 4.99. The van der Waals surface area contributed by atoms with Crippen LogP contribution in [-0.4, -0.2) is 75.2 Å². The summed E-state index contributed by atoms with van der Waals surface area (Å²) in [6, 6.07) is 0. The lowest BCUT2D eigenvalue weighted by Gasteiger charge is -2.50. The molecule has 21 heavy (non-hydrogen) atoms. The summed E-state index contributed by atoms with van der Waals surface area (Å²) in [5.74, 6) is 0.903. The van der Waals surface area contributed by atoms with Gasteiger partial charge in [0.05, 0.1) is 0 Å². The number of hydrogen-bond donors (Lipinski definition) is 2. The molecule has 0 bridgehead atoms. The Bertz CT molecular complexity index is 320. The molecule has 2 aliphatic heterocycles. The van der Waals surface area contributed by atoms with Crippen LogP contribution in [0.15, 0.2) is 4.99 Å². The molecule has 2 aliphatic rings. The van der Waals surface area contributed by atoms with Crippen LogP contribution in [-0.2, 0) is 0 Å². The largest absolute Gasteiger partial charge is 0.359 e. The van der Waals surface area contributed by atoms with Crippen molar-refractivity contribution in [3.63, 3.8) is 0 Å². The Balaban J connectivity index is 0.00000220. The molecular weight excluding hydrogens is 377 g/mol. The standard InChI is InChI=1S/C15H31N5.HI/c1-16-14(17-2)18-13-15(7-11-19(3)12-8-15)20-9-5-4-6-10-20;/h4-13H2,1-3H3,(H2,16,17,18);1H. The molecule has 124 valence electrons. The molecule has 0 radical (unpaired) electrons. The molecule has 2 saturated heterocycles. The normalized spacial score (nSPS) is 24.2. The Morgan fingerprint density at radius 2 is 1.71 bits per heavy atom. The maximum absolute atomic E-state index is 4.25. The highest BCUT2D eigenvalue weighted by atomic mass is 127. The number of nitrogens with zero attached hydrogens (tertiary/aromatic N) is 3. The zero-order chi connectivity index (χ0) is 14.4. The first-order valence-electron chi connectivity index (χ1n) is 8.02. The van der Waals surface area contributed by atoms with Crippen LogP contribution in [0.4, 0.5) is 0 Å². The van der Waals surface area contributed by atoms with Crippen molar-refractivity contribution in [2.75, 3.05) is 53.9 Å². The minimum absolute atomic E-state index is 0. The van der Waals surface area contributed by atoms with Gasteiger partial charge in [-0.2, -0.15) is 0 Å². The van der Waals surface area contributed by atoms with Crippen molar-refractivity contribution in [3.05, 3.63) is 0 Å². The number of aliphatic imine (C=N–C) groups is 1. The highest BCUT2D eigenvalue weighted by Crippen LogP contribution is 2.30. The average Bonchev–Trinajstić information content (AvgIpc) is 2.51. The van der Waals surface area contributed by atoms with Gasteiger partial charge in [0.15, 0.2) is 5.96 Å². The first-order valence-corrected chi connectivity index (χ1v) is 8.02. The van der Waals surface area contributed by atoms with E-state index in [1.165, 1.54) is 58.3 Å². The fourth-order valence-electron chi connectivity index (χ4n) is 3.54. The van der Waals surface area contributed by atoms with Crippen molar-refractivity contribution in [2.24, 2.45) is 4.99 Å². The fourth-order valence-corrected chi connectivity index (χ4v) is 3.54. The Kier molecular flexibility index (Phi) is 8.26. The monoisotopic (exact) mass is 409 g/mol. The van der Waals surface area contributed by atoms with Crippen LogP contribution < -0.4 is 10.6 Å². The highest BCUT2D eigenvalue weighted by Gasteiger charge is 2.39.